The van der Waals surface area contributed by atoms with Gasteiger partial charge in [-0.15, -0.1) is 0 Å². The topological polar surface area (TPSA) is 60.0 Å². The second kappa shape index (κ2) is 9.89. The number of piperidine rings is 1. The first-order chi connectivity index (χ1) is 15.7. The summed E-state index contributed by atoms with van der Waals surface area (Å²) in [5, 5.41) is 0. The molecule has 0 N–H and O–H groups in total. The Morgan fingerprint density at radius 1 is 0.906 bits per heavy atom. The average Bonchev–Trinajstić information content (AvgIpc) is 2.82. The van der Waals surface area contributed by atoms with Crippen LogP contribution in [0, 0.1) is 0 Å². The zero-order valence-corrected chi connectivity index (χ0v) is 19.4. The molecule has 4 heterocycles. The lowest BCUT2D eigenvalue weighted by molar-refractivity contribution is -0.0672. The molecule has 0 radical (unpaired) electrons. The number of rotatable bonds is 5. The summed E-state index contributed by atoms with van der Waals surface area (Å²) < 4.78 is 18.0. The summed E-state index contributed by atoms with van der Waals surface area (Å²) in [7, 11) is 0. The van der Waals surface area contributed by atoms with Crippen molar-refractivity contribution in [3.05, 3.63) is 24.3 Å². The molecule has 2 aromatic rings. The summed E-state index contributed by atoms with van der Waals surface area (Å²) in [6, 6.07) is 8.17. The van der Waals surface area contributed by atoms with Crippen LogP contribution in [0.2, 0.25) is 0 Å². The molecule has 3 fully saturated rings. The molecule has 7 heteroatoms. The van der Waals surface area contributed by atoms with Gasteiger partial charge in [0.1, 0.15) is 0 Å². The van der Waals surface area contributed by atoms with Crippen molar-refractivity contribution in [3.8, 4) is 0 Å². The number of anilines is 2. The lowest BCUT2D eigenvalue weighted by Crippen LogP contribution is -2.47. The molecule has 32 heavy (non-hydrogen) atoms. The lowest BCUT2D eigenvalue weighted by Gasteiger charge is -2.39. The maximum Gasteiger partial charge on any atom is 0.172 e. The van der Waals surface area contributed by atoms with Gasteiger partial charge in [0.15, 0.2) is 11.6 Å². The summed E-state index contributed by atoms with van der Waals surface area (Å²) in [5.74, 6) is 1.99. The van der Waals surface area contributed by atoms with Crippen molar-refractivity contribution in [3.63, 3.8) is 0 Å². The van der Waals surface area contributed by atoms with Gasteiger partial charge in [-0.1, -0.05) is 12.1 Å². The van der Waals surface area contributed by atoms with Crippen molar-refractivity contribution >= 4 is 22.7 Å². The van der Waals surface area contributed by atoms with Crippen molar-refractivity contribution in [1.29, 1.82) is 0 Å². The van der Waals surface area contributed by atoms with Gasteiger partial charge in [-0.2, -0.15) is 0 Å². The van der Waals surface area contributed by atoms with Gasteiger partial charge in [0.05, 0.1) is 42.1 Å². The molecular formula is C25H36N4O3. The number of morpholine rings is 1. The van der Waals surface area contributed by atoms with E-state index in [1.54, 1.807) is 0 Å². The van der Waals surface area contributed by atoms with E-state index in [4.69, 9.17) is 24.2 Å². The van der Waals surface area contributed by atoms with Crippen LogP contribution in [-0.2, 0) is 14.2 Å². The molecule has 7 nitrogen and oxygen atoms in total. The Balaban J connectivity index is 1.31. The molecule has 0 amide bonds. The first-order valence-electron chi connectivity index (χ1n) is 12.3. The van der Waals surface area contributed by atoms with Crippen LogP contribution in [0.5, 0.6) is 0 Å². The first kappa shape index (κ1) is 21.9. The highest BCUT2D eigenvalue weighted by Gasteiger charge is 2.30. The smallest absolute Gasteiger partial charge is 0.172 e. The lowest BCUT2D eigenvalue weighted by atomic mass is 10.1. The van der Waals surface area contributed by atoms with E-state index in [2.05, 4.69) is 35.8 Å². The Kier molecular flexibility index (Phi) is 6.76. The van der Waals surface area contributed by atoms with Crippen LogP contribution in [0.1, 0.15) is 46.0 Å². The fourth-order valence-corrected chi connectivity index (χ4v) is 5.17. The maximum absolute atomic E-state index is 6.24. The first-order valence-corrected chi connectivity index (χ1v) is 12.3. The Hall–Kier alpha value is -1.96. The van der Waals surface area contributed by atoms with Crippen molar-refractivity contribution < 1.29 is 14.2 Å². The van der Waals surface area contributed by atoms with Gasteiger partial charge in [-0.3, -0.25) is 0 Å². The number of hydrogen-bond donors (Lipinski definition) is 0. The second-order valence-electron chi connectivity index (χ2n) is 9.53. The highest BCUT2D eigenvalue weighted by atomic mass is 16.5. The number of aromatic nitrogens is 2. The Morgan fingerprint density at radius 2 is 1.56 bits per heavy atom. The minimum Gasteiger partial charge on any atom is -0.376 e. The van der Waals surface area contributed by atoms with Crippen LogP contribution in [0.3, 0.4) is 0 Å². The minimum absolute atomic E-state index is 0.181. The summed E-state index contributed by atoms with van der Waals surface area (Å²) in [6.45, 7) is 9.43. The molecule has 3 aliphatic rings. The molecule has 1 aromatic heterocycles. The average molecular weight is 441 g/mol. The van der Waals surface area contributed by atoms with Crippen molar-refractivity contribution in [2.24, 2.45) is 0 Å². The number of nitrogens with zero attached hydrogens (tertiary/aromatic N) is 4. The molecule has 3 aliphatic heterocycles. The SMILES string of the molecule is CC1CN(c2nc3ccccc3nc2N2CCC(OCC3CCCCO3)CC2)CC(C)O1. The number of hydrogen-bond acceptors (Lipinski definition) is 7. The molecule has 3 atom stereocenters. The molecule has 0 aliphatic carbocycles. The van der Waals surface area contributed by atoms with Gasteiger partial charge < -0.3 is 24.0 Å². The van der Waals surface area contributed by atoms with Gasteiger partial charge in [0.25, 0.3) is 0 Å². The third-order valence-corrected chi connectivity index (χ3v) is 6.79. The van der Waals surface area contributed by atoms with E-state index in [-0.39, 0.29) is 18.3 Å². The second-order valence-corrected chi connectivity index (χ2v) is 9.53. The van der Waals surface area contributed by atoms with Crippen LogP contribution in [0.4, 0.5) is 11.6 Å². The van der Waals surface area contributed by atoms with Gasteiger partial charge in [-0.25, -0.2) is 9.97 Å². The van der Waals surface area contributed by atoms with E-state index in [9.17, 15) is 0 Å². The van der Waals surface area contributed by atoms with Gasteiger partial charge in [-0.05, 0) is 58.1 Å². The maximum atomic E-state index is 6.24. The molecule has 1 aromatic carbocycles. The zero-order chi connectivity index (χ0) is 21.9. The predicted molar refractivity (Wildman–Crippen MR) is 127 cm³/mol. The number of fused-ring (bicyclic) bond motifs is 1. The molecule has 5 rings (SSSR count). The van der Waals surface area contributed by atoms with Crippen LogP contribution in [0.25, 0.3) is 11.0 Å². The normalized spacial score (nSPS) is 27.8. The van der Waals surface area contributed by atoms with E-state index < -0.39 is 0 Å². The quantitative estimate of drug-likeness (QED) is 0.701. The van der Waals surface area contributed by atoms with Crippen LogP contribution >= 0.6 is 0 Å². The van der Waals surface area contributed by atoms with Crippen LogP contribution < -0.4 is 9.80 Å². The van der Waals surface area contributed by atoms with Crippen molar-refractivity contribution in [2.75, 3.05) is 49.2 Å². The van der Waals surface area contributed by atoms with Gasteiger partial charge in [0, 0.05) is 32.8 Å². The Labute approximate surface area is 191 Å². The van der Waals surface area contributed by atoms with E-state index >= 15 is 0 Å². The molecule has 0 saturated carbocycles. The van der Waals surface area contributed by atoms with Crippen LogP contribution in [0.15, 0.2) is 24.3 Å². The summed E-state index contributed by atoms with van der Waals surface area (Å²) in [6.07, 6.45) is 6.54. The fourth-order valence-electron chi connectivity index (χ4n) is 5.17. The highest BCUT2D eigenvalue weighted by molar-refractivity contribution is 5.81. The summed E-state index contributed by atoms with van der Waals surface area (Å²) in [5.41, 5.74) is 1.90. The predicted octanol–water partition coefficient (Wildman–Crippen LogP) is 3.80. The van der Waals surface area contributed by atoms with Crippen LogP contribution in [-0.4, -0.2) is 73.8 Å². The van der Waals surface area contributed by atoms with Gasteiger partial charge >= 0.3 is 0 Å². The molecule has 0 bridgehead atoms. The van der Waals surface area contributed by atoms with Crippen molar-refractivity contribution in [2.45, 2.75) is 70.4 Å². The molecule has 0 spiro atoms. The third-order valence-electron chi connectivity index (χ3n) is 6.79. The Bertz CT molecular complexity index is 886. The number of benzene rings is 1. The largest absolute Gasteiger partial charge is 0.376 e. The van der Waals surface area contributed by atoms with E-state index in [0.717, 1.165) is 81.3 Å². The monoisotopic (exact) mass is 440 g/mol. The number of ether oxygens (including phenoxy) is 3. The fraction of sp³-hybridized carbons (Fsp3) is 0.680. The molecule has 174 valence electrons. The van der Waals surface area contributed by atoms with E-state index in [1.807, 2.05) is 12.1 Å². The van der Waals surface area contributed by atoms with E-state index in [1.165, 1.54) is 12.8 Å². The summed E-state index contributed by atoms with van der Waals surface area (Å²) in [4.78, 5) is 14.9. The number of para-hydroxylation sites is 2. The van der Waals surface area contributed by atoms with Crippen molar-refractivity contribution in [1.82, 2.24) is 9.97 Å². The molecular weight excluding hydrogens is 404 g/mol. The Morgan fingerprint density at radius 3 is 2.19 bits per heavy atom. The molecule has 3 saturated heterocycles. The minimum atomic E-state index is 0.181. The zero-order valence-electron chi connectivity index (χ0n) is 19.4. The summed E-state index contributed by atoms with van der Waals surface area (Å²) >= 11 is 0. The third kappa shape index (κ3) is 5.00. The van der Waals surface area contributed by atoms with Gasteiger partial charge in [0.2, 0.25) is 0 Å². The standard InChI is InChI=1S/C25H36N4O3/c1-18-15-29(16-19(2)32-18)25-24(26-22-8-3-4-9-23(22)27-25)28-12-10-20(11-13-28)31-17-21-7-5-6-14-30-21/h3-4,8-9,18-21H,5-7,10-17H2,1-2H3. The van der Waals surface area contributed by atoms with E-state index in [0.29, 0.717) is 6.10 Å². The highest BCUT2D eigenvalue weighted by Crippen LogP contribution is 2.32. The molecule has 3 unspecified atom stereocenters.